The molecule has 1 aliphatic heterocycles. The van der Waals surface area contributed by atoms with Crippen molar-refractivity contribution < 1.29 is 14.3 Å². The van der Waals surface area contributed by atoms with E-state index < -0.39 is 12.1 Å². The van der Waals surface area contributed by atoms with Crippen LogP contribution in [-0.4, -0.2) is 37.0 Å². The van der Waals surface area contributed by atoms with Crippen LogP contribution in [0.25, 0.3) is 10.8 Å². The van der Waals surface area contributed by atoms with E-state index in [0.29, 0.717) is 18.8 Å². The van der Waals surface area contributed by atoms with Crippen molar-refractivity contribution in [1.82, 2.24) is 5.32 Å². The average molecular weight is 418 g/mol. The smallest absolute Gasteiger partial charge is 0.262 e. The zero-order valence-corrected chi connectivity index (χ0v) is 17.8. The number of fused-ring (bicyclic) bond motifs is 2. The summed E-state index contributed by atoms with van der Waals surface area (Å²) in [5.41, 5.74) is 1.55. The van der Waals surface area contributed by atoms with E-state index in [2.05, 4.69) is 10.6 Å². The summed E-state index contributed by atoms with van der Waals surface area (Å²) in [5, 5.41) is 8.09. The number of carbonyl (C=O) groups is 2. The number of nitrogens with one attached hydrogen (secondary N) is 2. The third kappa shape index (κ3) is 4.48. The minimum atomic E-state index is -0.669. The molecule has 160 valence electrons. The fourth-order valence-electron chi connectivity index (χ4n) is 3.78. The lowest BCUT2D eigenvalue weighted by Crippen LogP contribution is -2.54. The number of benzene rings is 3. The summed E-state index contributed by atoms with van der Waals surface area (Å²) >= 11 is 0. The molecule has 6 nitrogen and oxygen atoms in total. The van der Waals surface area contributed by atoms with Gasteiger partial charge in [-0.3, -0.25) is 9.59 Å². The van der Waals surface area contributed by atoms with E-state index in [1.807, 2.05) is 85.5 Å². The van der Waals surface area contributed by atoms with Gasteiger partial charge >= 0.3 is 0 Å². The van der Waals surface area contributed by atoms with E-state index >= 15 is 0 Å². The molecule has 2 amide bonds. The van der Waals surface area contributed by atoms with Crippen LogP contribution in [0.3, 0.4) is 0 Å². The molecule has 0 aromatic heterocycles. The number of rotatable bonds is 6. The fraction of sp³-hybridized carbons (Fsp3) is 0.280. The second-order valence-corrected chi connectivity index (χ2v) is 7.74. The summed E-state index contributed by atoms with van der Waals surface area (Å²) in [6.45, 7) is 4.75. The Morgan fingerprint density at radius 2 is 1.81 bits per heavy atom. The molecular weight excluding hydrogens is 390 g/mol. The van der Waals surface area contributed by atoms with Crippen LogP contribution in [0.2, 0.25) is 0 Å². The van der Waals surface area contributed by atoms with Gasteiger partial charge < -0.3 is 20.3 Å². The van der Waals surface area contributed by atoms with Gasteiger partial charge in [-0.1, -0.05) is 49.4 Å². The summed E-state index contributed by atoms with van der Waals surface area (Å²) in [5.74, 6) is 0.305. The van der Waals surface area contributed by atoms with Crippen LogP contribution in [0, 0.1) is 0 Å². The van der Waals surface area contributed by atoms with E-state index in [1.165, 1.54) is 0 Å². The standard InChI is InChI=1S/C25H27N3O3/c1-3-14-26-25(30)23-16-28(21-10-6-7-11-22(21)31-23)17(2)24(29)27-20-13-12-18-8-4-5-9-19(18)15-20/h4-13,15,17,23H,3,14,16H2,1-2H3,(H,26,30)(H,27,29)/t17-,23-/m0/s1. The van der Waals surface area contributed by atoms with Crippen LogP contribution < -0.4 is 20.3 Å². The predicted octanol–water partition coefficient (Wildman–Crippen LogP) is 3.96. The Labute approximate surface area is 182 Å². The lowest BCUT2D eigenvalue weighted by atomic mass is 10.1. The molecule has 0 fully saturated rings. The first-order chi connectivity index (χ1) is 15.1. The number of hydrogen-bond donors (Lipinski definition) is 2. The molecule has 0 unspecified atom stereocenters. The van der Waals surface area contributed by atoms with E-state index in [0.717, 1.165) is 28.6 Å². The molecule has 2 N–H and O–H groups in total. The fourth-order valence-corrected chi connectivity index (χ4v) is 3.78. The van der Waals surface area contributed by atoms with Gasteiger partial charge in [0.15, 0.2) is 6.10 Å². The van der Waals surface area contributed by atoms with Gasteiger partial charge in [-0.15, -0.1) is 0 Å². The summed E-state index contributed by atoms with van der Waals surface area (Å²) in [4.78, 5) is 27.6. The van der Waals surface area contributed by atoms with Crippen molar-refractivity contribution in [2.45, 2.75) is 32.4 Å². The van der Waals surface area contributed by atoms with Crippen LogP contribution in [0.15, 0.2) is 66.7 Å². The molecule has 31 heavy (non-hydrogen) atoms. The minimum Gasteiger partial charge on any atom is -0.477 e. The first-order valence-electron chi connectivity index (χ1n) is 10.7. The lowest BCUT2D eigenvalue weighted by molar-refractivity contribution is -0.128. The molecule has 0 aliphatic carbocycles. The third-order valence-corrected chi connectivity index (χ3v) is 5.51. The molecular formula is C25H27N3O3. The van der Waals surface area contributed by atoms with Gasteiger partial charge in [0, 0.05) is 12.2 Å². The van der Waals surface area contributed by atoms with Gasteiger partial charge in [0.25, 0.3) is 5.91 Å². The summed E-state index contributed by atoms with van der Waals surface area (Å²) in [7, 11) is 0. The summed E-state index contributed by atoms with van der Waals surface area (Å²) in [6.07, 6.45) is 0.181. The Morgan fingerprint density at radius 3 is 2.61 bits per heavy atom. The molecule has 3 aromatic rings. The molecule has 0 radical (unpaired) electrons. The van der Waals surface area contributed by atoms with Crippen molar-refractivity contribution in [3.63, 3.8) is 0 Å². The highest BCUT2D eigenvalue weighted by Crippen LogP contribution is 2.34. The van der Waals surface area contributed by atoms with E-state index in [1.54, 1.807) is 0 Å². The molecule has 2 atom stereocenters. The zero-order valence-electron chi connectivity index (χ0n) is 17.8. The van der Waals surface area contributed by atoms with Crippen molar-refractivity contribution in [1.29, 1.82) is 0 Å². The SMILES string of the molecule is CCCNC(=O)[C@@H]1CN([C@@H](C)C(=O)Nc2ccc3ccccc3c2)c2ccccc2O1. The van der Waals surface area contributed by atoms with Gasteiger partial charge in [-0.05, 0) is 48.4 Å². The summed E-state index contributed by atoms with van der Waals surface area (Å²) < 4.78 is 5.93. The number of amides is 2. The zero-order chi connectivity index (χ0) is 21.8. The van der Waals surface area contributed by atoms with E-state index in [-0.39, 0.29) is 11.8 Å². The van der Waals surface area contributed by atoms with Gasteiger partial charge in [0.1, 0.15) is 11.8 Å². The predicted molar refractivity (Wildman–Crippen MR) is 124 cm³/mol. The van der Waals surface area contributed by atoms with Gasteiger partial charge in [-0.2, -0.15) is 0 Å². The van der Waals surface area contributed by atoms with Gasteiger partial charge in [0.2, 0.25) is 5.91 Å². The highest BCUT2D eigenvalue weighted by molar-refractivity contribution is 5.99. The monoisotopic (exact) mass is 417 g/mol. The second kappa shape index (κ2) is 9.08. The normalized spacial score (nSPS) is 16.2. The maximum absolute atomic E-state index is 13.1. The number of para-hydroxylation sites is 2. The molecule has 0 saturated heterocycles. The highest BCUT2D eigenvalue weighted by Gasteiger charge is 2.34. The van der Waals surface area contributed by atoms with Crippen LogP contribution in [0.5, 0.6) is 5.75 Å². The van der Waals surface area contributed by atoms with Crippen molar-refractivity contribution in [2.24, 2.45) is 0 Å². The second-order valence-electron chi connectivity index (χ2n) is 7.74. The van der Waals surface area contributed by atoms with Crippen LogP contribution in [0.1, 0.15) is 20.3 Å². The molecule has 0 spiro atoms. The maximum Gasteiger partial charge on any atom is 0.262 e. The van der Waals surface area contributed by atoms with Gasteiger partial charge in [-0.25, -0.2) is 0 Å². The Bertz CT molecular complexity index is 1100. The molecule has 3 aromatic carbocycles. The Balaban J connectivity index is 1.54. The Kier molecular flexibility index (Phi) is 6.07. The molecule has 6 heteroatoms. The number of nitrogens with zero attached hydrogens (tertiary/aromatic N) is 1. The Hall–Kier alpha value is -3.54. The Morgan fingerprint density at radius 1 is 1.06 bits per heavy atom. The van der Waals surface area contributed by atoms with Crippen molar-refractivity contribution >= 4 is 34.0 Å². The molecule has 0 saturated carbocycles. The van der Waals surface area contributed by atoms with Gasteiger partial charge in [0.05, 0.1) is 12.2 Å². The molecule has 1 heterocycles. The first-order valence-corrected chi connectivity index (χ1v) is 10.7. The number of anilines is 2. The maximum atomic E-state index is 13.1. The lowest BCUT2D eigenvalue weighted by Gasteiger charge is -2.38. The molecule has 1 aliphatic rings. The first kappa shape index (κ1) is 20.7. The largest absolute Gasteiger partial charge is 0.477 e. The highest BCUT2D eigenvalue weighted by atomic mass is 16.5. The van der Waals surface area contributed by atoms with Crippen molar-refractivity contribution in [3.05, 3.63) is 66.7 Å². The number of carbonyl (C=O) groups excluding carboxylic acids is 2. The van der Waals surface area contributed by atoms with Crippen LogP contribution in [0.4, 0.5) is 11.4 Å². The number of hydrogen-bond acceptors (Lipinski definition) is 4. The average Bonchev–Trinajstić information content (AvgIpc) is 2.81. The quantitative estimate of drug-likeness (QED) is 0.637. The summed E-state index contributed by atoms with van der Waals surface area (Å²) in [6, 6.07) is 20.9. The minimum absolute atomic E-state index is 0.139. The van der Waals surface area contributed by atoms with Crippen LogP contribution in [-0.2, 0) is 9.59 Å². The van der Waals surface area contributed by atoms with E-state index in [4.69, 9.17) is 4.74 Å². The third-order valence-electron chi connectivity index (χ3n) is 5.51. The van der Waals surface area contributed by atoms with Crippen molar-refractivity contribution in [3.8, 4) is 5.75 Å². The number of ether oxygens (including phenoxy) is 1. The molecule has 4 rings (SSSR count). The van der Waals surface area contributed by atoms with Crippen LogP contribution >= 0.6 is 0 Å². The molecule has 0 bridgehead atoms. The van der Waals surface area contributed by atoms with E-state index in [9.17, 15) is 9.59 Å². The van der Waals surface area contributed by atoms with Crippen molar-refractivity contribution in [2.75, 3.05) is 23.3 Å². The topological polar surface area (TPSA) is 70.7 Å².